The van der Waals surface area contributed by atoms with Gasteiger partial charge in [-0.15, -0.1) is 0 Å². The first-order valence-electron chi connectivity index (χ1n) is 9.50. The van der Waals surface area contributed by atoms with E-state index in [0.717, 1.165) is 15.4 Å². The number of sulfonamides is 1. The van der Waals surface area contributed by atoms with Gasteiger partial charge in [0.15, 0.2) is 0 Å². The van der Waals surface area contributed by atoms with Crippen molar-refractivity contribution in [3.63, 3.8) is 0 Å². The fourth-order valence-electron chi connectivity index (χ4n) is 3.04. The Morgan fingerprint density at radius 1 is 0.933 bits per heavy atom. The van der Waals surface area contributed by atoms with E-state index in [1.165, 1.54) is 24.3 Å². The molecule has 3 rings (SSSR count). The summed E-state index contributed by atoms with van der Waals surface area (Å²) in [4.78, 5) is 12.8. The second-order valence-corrected chi connectivity index (χ2v) is 8.85. The molecule has 0 spiro atoms. The van der Waals surface area contributed by atoms with Crippen LogP contribution in [0, 0.1) is 5.82 Å². The number of hydrogen-bond acceptors (Lipinski definition) is 3. The van der Waals surface area contributed by atoms with Crippen molar-refractivity contribution in [3.05, 3.63) is 102 Å². The molecular weight excluding hydrogens is 403 g/mol. The van der Waals surface area contributed by atoms with E-state index in [2.05, 4.69) is 5.32 Å². The lowest BCUT2D eigenvalue weighted by Crippen LogP contribution is -2.41. The van der Waals surface area contributed by atoms with Crippen molar-refractivity contribution < 1.29 is 17.6 Å². The molecule has 0 aromatic heterocycles. The van der Waals surface area contributed by atoms with Crippen LogP contribution in [-0.2, 0) is 21.4 Å². The van der Waals surface area contributed by atoms with Gasteiger partial charge in [-0.1, -0.05) is 60.7 Å². The molecule has 0 saturated heterocycles. The lowest BCUT2D eigenvalue weighted by Gasteiger charge is -2.23. The highest BCUT2D eigenvalue weighted by Gasteiger charge is 2.27. The van der Waals surface area contributed by atoms with Crippen LogP contribution in [-0.4, -0.2) is 25.2 Å². The Kier molecular flexibility index (Phi) is 6.97. The van der Waals surface area contributed by atoms with Crippen molar-refractivity contribution in [2.24, 2.45) is 0 Å². The minimum absolute atomic E-state index is 0.0659. The summed E-state index contributed by atoms with van der Waals surface area (Å²) >= 11 is 0. The molecule has 156 valence electrons. The van der Waals surface area contributed by atoms with Crippen molar-refractivity contribution in [2.75, 3.05) is 6.54 Å². The maximum atomic E-state index is 13.2. The molecule has 0 saturated carbocycles. The van der Waals surface area contributed by atoms with Gasteiger partial charge >= 0.3 is 0 Å². The van der Waals surface area contributed by atoms with Gasteiger partial charge in [0.1, 0.15) is 5.82 Å². The zero-order valence-electron chi connectivity index (χ0n) is 16.5. The van der Waals surface area contributed by atoms with E-state index >= 15 is 0 Å². The molecule has 0 fully saturated rings. The molecule has 1 atom stereocenters. The van der Waals surface area contributed by atoms with Gasteiger partial charge < -0.3 is 5.32 Å². The van der Waals surface area contributed by atoms with Crippen LogP contribution < -0.4 is 5.32 Å². The molecule has 0 aliphatic carbocycles. The number of carbonyl (C=O) groups is 1. The Hall–Kier alpha value is -3.03. The van der Waals surface area contributed by atoms with E-state index in [4.69, 9.17) is 0 Å². The van der Waals surface area contributed by atoms with Gasteiger partial charge in [-0.2, -0.15) is 4.31 Å². The maximum Gasteiger partial charge on any atom is 0.243 e. The molecule has 1 amide bonds. The highest BCUT2D eigenvalue weighted by atomic mass is 32.2. The van der Waals surface area contributed by atoms with Crippen molar-refractivity contribution in [1.29, 1.82) is 0 Å². The minimum atomic E-state index is -3.88. The predicted molar refractivity (Wildman–Crippen MR) is 113 cm³/mol. The Balaban J connectivity index is 1.79. The molecule has 5 nitrogen and oxygen atoms in total. The molecule has 1 N–H and O–H groups in total. The first kappa shape index (κ1) is 21.7. The highest BCUT2D eigenvalue weighted by Crippen LogP contribution is 2.19. The quantitative estimate of drug-likeness (QED) is 0.594. The van der Waals surface area contributed by atoms with Gasteiger partial charge in [0.2, 0.25) is 15.9 Å². The van der Waals surface area contributed by atoms with E-state index in [1.54, 1.807) is 37.3 Å². The summed E-state index contributed by atoms with van der Waals surface area (Å²) in [5, 5.41) is 2.79. The molecule has 30 heavy (non-hydrogen) atoms. The summed E-state index contributed by atoms with van der Waals surface area (Å²) in [6.07, 6.45) is 0. The molecule has 0 heterocycles. The summed E-state index contributed by atoms with van der Waals surface area (Å²) in [7, 11) is -3.88. The molecule has 0 aliphatic heterocycles. The molecule has 0 aliphatic rings. The predicted octanol–water partition coefficient (Wildman–Crippen LogP) is 3.89. The summed E-state index contributed by atoms with van der Waals surface area (Å²) in [5.41, 5.74) is 1.50. The zero-order valence-corrected chi connectivity index (χ0v) is 17.3. The average molecular weight is 427 g/mol. The van der Waals surface area contributed by atoms with Gasteiger partial charge in [-0.05, 0) is 42.3 Å². The number of amides is 1. The molecule has 7 heteroatoms. The third-order valence-electron chi connectivity index (χ3n) is 4.65. The second kappa shape index (κ2) is 9.65. The number of rotatable bonds is 8. The van der Waals surface area contributed by atoms with E-state index in [9.17, 15) is 17.6 Å². The standard InChI is InChI=1S/C23H23FN2O3S/c1-18(20-12-14-21(24)15-13-20)25-23(27)17-26(16-19-8-4-2-5-9-19)30(28,29)22-10-6-3-7-11-22/h2-15,18H,16-17H2,1H3,(H,25,27)/t18-/m1/s1. The van der Waals surface area contributed by atoms with Crippen LogP contribution >= 0.6 is 0 Å². The first-order valence-corrected chi connectivity index (χ1v) is 10.9. The molecular formula is C23H23FN2O3S. The Morgan fingerprint density at radius 3 is 2.10 bits per heavy atom. The SMILES string of the molecule is C[C@@H](NC(=O)CN(Cc1ccccc1)S(=O)(=O)c1ccccc1)c1ccc(F)cc1. The average Bonchev–Trinajstić information content (AvgIpc) is 2.75. The highest BCUT2D eigenvalue weighted by molar-refractivity contribution is 7.89. The Morgan fingerprint density at radius 2 is 1.50 bits per heavy atom. The maximum absolute atomic E-state index is 13.2. The lowest BCUT2D eigenvalue weighted by molar-refractivity contribution is -0.122. The van der Waals surface area contributed by atoms with Crippen LogP contribution in [0.5, 0.6) is 0 Å². The van der Waals surface area contributed by atoms with Crippen LogP contribution in [0.25, 0.3) is 0 Å². The van der Waals surface area contributed by atoms with Gasteiger partial charge in [-0.25, -0.2) is 12.8 Å². The molecule has 3 aromatic rings. The number of hydrogen-bond donors (Lipinski definition) is 1. The summed E-state index contributed by atoms with van der Waals surface area (Å²) in [6, 6.07) is 22.6. The number of benzene rings is 3. The number of halogens is 1. The van der Waals surface area contributed by atoms with Crippen molar-refractivity contribution in [3.8, 4) is 0 Å². The topological polar surface area (TPSA) is 66.5 Å². The minimum Gasteiger partial charge on any atom is -0.348 e. The van der Waals surface area contributed by atoms with Crippen LogP contribution in [0.1, 0.15) is 24.1 Å². The van der Waals surface area contributed by atoms with E-state index < -0.39 is 22.0 Å². The lowest BCUT2D eigenvalue weighted by atomic mass is 10.1. The van der Waals surface area contributed by atoms with Crippen molar-refractivity contribution >= 4 is 15.9 Å². The number of carbonyl (C=O) groups excluding carboxylic acids is 1. The van der Waals surface area contributed by atoms with Gasteiger partial charge in [0.25, 0.3) is 0 Å². The fourth-order valence-corrected chi connectivity index (χ4v) is 4.44. The Labute approximate surface area is 176 Å². The van der Waals surface area contributed by atoms with Gasteiger partial charge in [0.05, 0.1) is 17.5 Å². The van der Waals surface area contributed by atoms with Crippen LogP contribution in [0.2, 0.25) is 0 Å². The largest absolute Gasteiger partial charge is 0.348 e. The van der Waals surface area contributed by atoms with Crippen molar-refractivity contribution in [1.82, 2.24) is 9.62 Å². The Bertz CT molecular complexity index is 1070. The van der Waals surface area contributed by atoms with E-state index in [1.807, 2.05) is 30.3 Å². The number of nitrogens with one attached hydrogen (secondary N) is 1. The van der Waals surface area contributed by atoms with Crippen LogP contribution in [0.3, 0.4) is 0 Å². The van der Waals surface area contributed by atoms with Gasteiger partial charge in [-0.3, -0.25) is 4.79 Å². The summed E-state index contributed by atoms with van der Waals surface area (Å²) in [6.45, 7) is 1.49. The monoisotopic (exact) mass is 426 g/mol. The van der Waals surface area contributed by atoms with Crippen LogP contribution in [0.4, 0.5) is 4.39 Å². The molecule has 0 radical (unpaired) electrons. The third kappa shape index (κ3) is 5.52. The smallest absolute Gasteiger partial charge is 0.243 e. The van der Waals surface area contributed by atoms with E-state index in [-0.39, 0.29) is 23.8 Å². The van der Waals surface area contributed by atoms with Crippen LogP contribution in [0.15, 0.2) is 89.8 Å². The van der Waals surface area contributed by atoms with E-state index in [0.29, 0.717) is 0 Å². The number of nitrogens with zero attached hydrogens (tertiary/aromatic N) is 1. The van der Waals surface area contributed by atoms with Crippen molar-refractivity contribution in [2.45, 2.75) is 24.4 Å². The first-order chi connectivity index (χ1) is 14.4. The fraction of sp³-hybridized carbons (Fsp3) is 0.174. The second-order valence-electron chi connectivity index (χ2n) is 6.91. The normalized spacial score (nSPS) is 12.5. The molecule has 0 unspecified atom stereocenters. The zero-order chi connectivity index (χ0) is 21.6. The summed E-state index contributed by atoms with van der Waals surface area (Å²) < 4.78 is 40.6. The van der Waals surface area contributed by atoms with Gasteiger partial charge in [0, 0.05) is 6.54 Å². The summed E-state index contributed by atoms with van der Waals surface area (Å²) in [5.74, 6) is -0.803. The molecule has 0 bridgehead atoms. The molecule has 3 aromatic carbocycles. The third-order valence-corrected chi connectivity index (χ3v) is 6.46.